The van der Waals surface area contributed by atoms with E-state index in [-0.39, 0.29) is 5.91 Å². The standard InChI is InChI=1S/C7H11NO3/c1-4-6(9)8-5(2)7(10)11-3/h4-5H,1H2,2-3H3,(H,8,9)/t5-/m1/s1. The first-order valence-electron chi connectivity index (χ1n) is 3.12. The Morgan fingerprint density at radius 3 is 2.55 bits per heavy atom. The van der Waals surface area contributed by atoms with Crippen molar-refractivity contribution in [2.75, 3.05) is 7.11 Å². The molecule has 4 nitrogen and oxygen atoms in total. The zero-order valence-corrected chi connectivity index (χ0v) is 6.59. The maximum absolute atomic E-state index is 10.7. The van der Waals surface area contributed by atoms with Crippen LogP contribution in [0.4, 0.5) is 0 Å². The molecule has 1 N–H and O–H groups in total. The van der Waals surface area contributed by atoms with Crippen LogP contribution in [-0.4, -0.2) is 25.0 Å². The van der Waals surface area contributed by atoms with Crippen molar-refractivity contribution in [1.82, 2.24) is 5.32 Å². The first-order valence-corrected chi connectivity index (χ1v) is 3.12. The zero-order chi connectivity index (χ0) is 8.85. The van der Waals surface area contributed by atoms with Gasteiger partial charge in [-0.1, -0.05) is 6.58 Å². The Hall–Kier alpha value is -1.32. The third-order valence-electron chi connectivity index (χ3n) is 1.10. The van der Waals surface area contributed by atoms with Crippen LogP contribution in [0.1, 0.15) is 6.92 Å². The van der Waals surface area contributed by atoms with Gasteiger partial charge in [-0.25, -0.2) is 4.79 Å². The minimum atomic E-state index is -0.620. The van der Waals surface area contributed by atoms with Crippen LogP contribution >= 0.6 is 0 Å². The van der Waals surface area contributed by atoms with E-state index in [2.05, 4.69) is 16.6 Å². The molecule has 0 aromatic carbocycles. The lowest BCUT2D eigenvalue weighted by Gasteiger charge is -2.08. The number of methoxy groups -OCH3 is 1. The number of carbonyl (C=O) groups excluding carboxylic acids is 2. The molecule has 11 heavy (non-hydrogen) atoms. The number of hydrogen-bond donors (Lipinski definition) is 1. The van der Waals surface area contributed by atoms with Crippen molar-refractivity contribution < 1.29 is 14.3 Å². The van der Waals surface area contributed by atoms with E-state index in [0.717, 1.165) is 6.08 Å². The summed E-state index contributed by atoms with van der Waals surface area (Å²) in [7, 11) is 1.26. The van der Waals surface area contributed by atoms with E-state index in [4.69, 9.17) is 0 Å². The Labute approximate surface area is 65.2 Å². The van der Waals surface area contributed by atoms with Crippen LogP contribution in [0.25, 0.3) is 0 Å². The first-order chi connectivity index (χ1) is 5.11. The predicted molar refractivity (Wildman–Crippen MR) is 39.8 cm³/mol. The molecule has 0 heterocycles. The summed E-state index contributed by atoms with van der Waals surface area (Å²) in [6, 6.07) is -0.620. The molecule has 0 unspecified atom stereocenters. The van der Waals surface area contributed by atoms with Gasteiger partial charge in [-0.05, 0) is 13.0 Å². The van der Waals surface area contributed by atoms with E-state index in [1.165, 1.54) is 14.0 Å². The monoisotopic (exact) mass is 157 g/mol. The van der Waals surface area contributed by atoms with Crippen LogP contribution in [0.5, 0.6) is 0 Å². The smallest absolute Gasteiger partial charge is 0.328 e. The van der Waals surface area contributed by atoms with Gasteiger partial charge in [0.15, 0.2) is 0 Å². The van der Waals surface area contributed by atoms with Crippen molar-refractivity contribution in [2.45, 2.75) is 13.0 Å². The fourth-order valence-corrected chi connectivity index (χ4v) is 0.508. The Morgan fingerprint density at radius 2 is 2.18 bits per heavy atom. The van der Waals surface area contributed by atoms with Gasteiger partial charge in [0.25, 0.3) is 0 Å². The summed E-state index contributed by atoms with van der Waals surface area (Å²) in [6.07, 6.45) is 1.10. The van der Waals surface area contributed by atoms with Gasteiger partial charge in [0.05, 0.1) is 7.11 Å². The highest BCUT2D eigenvalue weighted by Gasteiger charge is 2.13. The van der Waals surface area contributed by atoms with Gasteiger partial charge in [-0.15, -0.1) is 0 Å². The van der Waals surface area contributed by atoms with Gasteiger partial charge < -0.3 is 10.1 Å². The molecular formula is C7H11NO3. The molecular weight excluding hydrogens is 146 g/mol. The molecule has 0 rings (SSSR count). The summed E-state index contributed by atoms with van der Waals surface area (Å²) in [5.74, 6) is -0.858. The number of rotatable bonds is 3. The number of nitrogens with one attached hydrogen (secondary N) is 1. The van der Waals surface area contributed by atoms with Crippen LogP contribution in [0.3, 0.4) is 0 Å². The molecule has 62 valence electrons. The van der Waals surface area contributed by atoms with Crippen LogP contribution in [0.2, 0.25) is 0 Å². The van der Waals surface area contributed by atoms with Crippen LogP contribution in [-0.2, 0) is 14.3 Å². The average molecular weight is 157 g/mol. The molecule has 0 aliphatic rings. The van der Waals surface area contributed by atoms with Crippen molar-refractivity contribution in [1.29, 1.82) is 0 Å². The van der Waals surface area contributed by atoms with Crippen LogP contribution in [0, 0.1) is 0 Å². The van der Waals surface area contributed by atoms with E-state index >= 15 is 0 Å². The van der Waals surface area contributed by atoms with Crippen LogP contribution < -0.4 is 5.32 Å². The lowest BCUT2D eigenvalue weighted by molar-refractivity contribution is -0.144. The maximum atomic E-state index is 10.7. The molecule has 0 saturated carbocycles. The molecule has 0 fully saturated rings. The first kappa shape index (κ1) is 9.68. The zero-order valence-electron chi connectivity index (χ0n) is 6.59. The van der Waals surface area contributed by atoms with Crippen LogP contribution in [0.15, 0.2) is 12.7 Å². The van der Waals surface area contributed by atoms with Crippen molar-refractivity contribution in [2.24, 2.45) is 0 Å². The summed E-state index contributed by atoms with van der Waals surface area (Å²) in [4.78, 5) is 21.3. The predicted octanol–water partition coefficient (Wildman–Crippen LogP) is -0.150. The third kappa shape index (κ3) is 3.40. The van der Waals surface area contributed by atoms with Crippen molar-refractivity contribution in [3.05, 3.63) is 12.7 Å². The topological polar surface area (TPSA) is 55.4 Å². The second-order valence-electron chi connectivity index (χ2n) is 1.96. The highest BCUT2D eigenvalue weighted by Crippen LogP contribution is 1.85. The summed E-state index contributed by atoms with van der Waals surface area (Å²) in [6.45, 7) is 4.77. The van der Waals surface area contributed by atoms with E-state index < -0.39 is 12.0 Å². The molecule has 0 aliphatic carbocycles. The molecule has 0 bridgehead atoms. The minimum Gasteiger partial charge on any atom is -0.467 e. The Bertz CT molecular complexity index is 177. The van der Waals surface area contributed by atoms with Gasteiger partial charge in [-0.3, -0.25) is 4.79 Å². The fourth-order valence-electron chi connectivity index (χ4n) is 0.508. The lowest BCUT2D eigenvalue weighted by Crippen LogP contribution is -2.38. The number of amides is 1. The number of hydrogen-bond acceptors (Lipinski definition) is 3. The van der Waals surface area contributed by atoms with E-state index in [1.54, 1.807) is 0 Å². The molecule has 0 aromatic heterocycles. The highest BCUT2D eigenvalue weighted by molar-refractivity contribution is 5.90. The SMILES string of the molecule is C=CC(=O)N[C@H](C)C(=O)OC. The lowest BCUT2D eigenvalue weighted by atomic mass is 10.3. The fraction of sp³-hybridized carbons (Fsp3) is 0.429. The van der Waals surface area contributed by atoms with E-state index in [1.807, 2.05) is 0 Å². The number of ether oxygens (including phenoxy) is 1. The second-order valence-corrected chi connectivity index (χ2v) is 1.96. The largest absolute Gasteiger partial charge is 0.467 e. The summed E-state index contributed by atoms with van der Waals surface area (Å²) < 4.78 is 4.37. The molecule has 0 saturated heterocycles. The third-order valence-corrected chi connectivity index (χ3v) is 1.10. The van der Waals surface area contributed by atoms with Crippen molar-refractivity contribution in [3.63, 3.8) is 0 Å². The Balaban J connectivity index is 3.86. The van der Waals surface area contributed by atoms with E-state index in [9.17, 15) is 9.59 Å². The molecule has 0 aliphatic heterocycles. The van der Waals surface area contributed by atoms with Crippen molar-refractivity contribution >= 4 is 11.9 Å². The molecule has 1 atom stereocenters. The molecule has 0 spiro atoms. The minimum absolute atomic E-state index is 0.386. The summed E-state index contributed by atoms with van der Waals surface area (Å²) >= 11 is 0. The Kier molecular flexibility index (Phi) is 3.95. The summed E-state index contributed by atoms with van der Waals surface area (Å²) in [5, 5.41) is 2.35. The maximum Gasteiger partial charge on any atom is 0.328 e. The van der Waals surface area contributed by atoms with Gasteiger partial charge in [0, 0.05) is 0 Å². The normalized spacial score (nSPS) is 11.5. The number of carbonyl (C=O) groups is 2. The van der Waals surface area contributed by atoms with Gasteiger partial charge in [-0.2, -0.15) is 0 Å². The molecule has 1 amide bonds. The van der Waals surface area contributed by atoms with Crippen molar-refractivity contribution in [3.8, 4) is 0 Å². The number of esters is 1. The molecule has 0 aromatic rings. The molecule has 0 radical (unpaired) electrons. The highest BCUT2D eigenvalue weighted by atomic mass is 16.5. The average Bonchev–Trinajstić information content (AvgIpc) is 2.02. The van der Waals surface area contributed by atoms with Gasteiger partial charge in [0.1, 0.15) is 6.04 Å². The molecule has 4 heteroatoms. The second kappa shape index (κ2) is 4.49. The van der Waals surface area contributed by atoms with Gasteiger partial charge >= 0.3 is 5.97 Å². The van der Waals surface area contributed by atoms with Gasteiger partial charge in [0.2, 0.25) is 5.91 Å². The summed E-state index contributed by atoms with van der Waals surface area (Å²) in [5.41, 5.74) is 0. The van der Waals surface area contributed by atoms with E-state index in [0.29, 0.717) is 0 Å². The Morgan fingerprint density at radius 1 is 1.64 bits per heavy atom. The quantitative estimate of drug-likeness (QED) is 0.458.